The van der Waals surface area contributed by atoms with Crippen molar-refractivity contribution in [3.05, 3.63) is 0 Å². The minimum Gasteiger partial charge on any atom is -0.314 e. The van der Waals surface area contributed by atoms with Crippen molar-refractivity contribution in [2.75, 3.05) is 6.54 Å². The van der Waals surface area contributed by atoms with Gasteiger partial charge in [-0.1, -0.05) is 20.8 Å². The molecule has 0 rings (SSSR count). The van der Waals surface area contributed by atoms with Gasteiger partial charge in [0.1, 0.15) is 0 Å². The van der Waals surface area contributed by atoms with E-state index in [1.165, 1.54) is 0 Å². The molecule has 0 heterocycles. The van der Waals surface area contributed by atoms with Gasteiger partial charge in [0.25, 0.3) is 0 Å². The normalized spacial score (nSPS) is 13.9. The second-order valence-electron chi connectivity index (χ2n) is 4.35. The second kappa shape index (κ2) is 5.22. The van der Waals surface area contributed by atoms with E-state index in [2.05, 4.69) is 38.9 Å². The summed E-state index contributed by atoms with van der Waals surface area (Å²) in [5, 5.41) is 3.46. The van der Waals surface area contributed by atoms with Crippen molar-refractivity contribution in [1.29, 1.82) is 0 Å². The van der Waals surface area contributed by atoms with Crippen LogP contribution in [0.15, 0.2) is 0 Å². The van der Waals surface area contributed by atoms with Crippen molar-refractivity contribution in [2.24, 2.45) is 5.41 Å². The highest BCUT2D eigenvalue weighted by atomic mass is 14.9. The first-order valence-corrected chi connectivity index (χ1v) is 4.65. The van der Waals surface area contributed by atoms with E-state index in [4.69, 9.17) is 6.42 Å². The van der Waals surface area contributed by atoms with Gasteiger partial charge in [0.2, 0.25) is 0 Å². The molecular formula is C11H21N. The summed E-state index contributed by atoms with van der Waals surface area (Å²) >= 11 is 0. The van der Waals surface area contributed by atoms with Crippen LogP contribution in [0.3, 0.4) is 0 Å². The quantitative estimate of drug-likeness (QED) is 0.501. The molecule has 1 heteroatoms. The van der Waals surface area contributed by atoms with Crippen molar-refractivity contribution in [1.82, 2.24) is 5.32 Å². The molecule has 0 aromatic heterocycles. The first-order valence-electron chi connectivity index (χ1n) is 4.65. The molecule has 0 bridgehead atoms. The summed E-state index contributed by atoms with van der Waals surface area (Å²) in [6.45, 7) is 9.97. The van der Waals surface area contributed by atoms with Crippen LogP contribution in [0.5, 0.6) is 0 Å². The van der Waals surface area contributed by atoms with E-state index in [1.54, 1.807) is 0 Å². The Morgan fingerprint density at radius 2 is 2.00 bits per heavy atom. The van der Waals surface area contributed by atoms with E-state index in [-0.39, 0.29) is 0 Å². The average Bonchev–Trinajstić information content (AvgIpc) is 1.96. The molecule has 0 spiro atoms. The molecule has 1 nitrogen and oxygen atoms in total. The predicted octanol–water partition coefficient (Wildman–Crippen LogP) is 2.42. The molecule has 0 amide bonds. The Morgan fingerprint density at radius 3 is 2.42 bits per heavy atom. The van der Waals surface area contributed by atoms with Gasteiger partial charge in [-0.2, -0.15) is 0 Å². The van der Waals surface area contributed by atoms with Crippen LogP contribution in [-0.2, 0) is 0 Å². The molecule has 12 heavy (non-hydrogen) atoms. The molecule has 0 aliphatic rings. The lowest BCUT2D eigenvalue weighted by atomic mass is 9.88. The molecule has 0 aromatic carbocycles. The van der Waals surface area contributed by atoms with Gasteiger partial charge in [-0.25, -0.2) is 0 Å². The monoisotopic (exact) mass is 167 g/mol. The van der Waals surface area contributed by atoms with Gasteiger partial charge in [0.05, 0.1) is 0 Å². The number of terminal acetylenes is 1. The van der Waals surface area contributed by atoms with Gasteiger partial charge in [-0.05, 0) is 25.3 Å². The molecule has 0 aromatic rings. The van der Waals surface area contributed by atoms with Crippen LogP contribution in [0, 0.1) is 17.8 Å². The fraction of sp³-hybridized carbons (Fsp3) is 0.818. The Kier molecular flexibility index (Phi) is 5.01. The van der Waals surface area contributed by atoms with E-state index >= 15 is 0 Å². The number of hydrogen-bond acceptors (Lipinski definition) is 1. The van der Waals surface area contributed by atoms with E-state index in [0.717, 1.165) is 19.4 Å². The highest BCUT2D eigenvalue weighted by molar-refractivity contribution is 4.84. The smallest absolute Gasteiger partial charge is 0.00981 e. The predicted molar refractivity (Wildman–Crippen MR) is 55.0 cm³/mol. The zero-order valence-electron chi connectivity index (χ0n) is 8.78. The first kappa shape index (κ1) is 11.5. The summed E-state index contributed by atoms with van der Waals surface area (Å²) in [5.74, 6) is 2.64. The number of rotatable bonds is 4. The van der Waals surface area contributed by atoms with Crippen molar-refractivity contribution >= 4 is 0 Å². The molecule has 1 N–H and O–H groups in total. The summed E-state index contributed by atoms with van der Waals surface area (Å²) in [6, 6.07) is 0.551. The lowest BCUT2D eigenvalue weighted by molar-refractivity contribution is 0.286. The summed E-state index contributed by atoms with van der Waals surface area (Å²) in [5.41, 5.74) is 0.343. The van der Waals surface area contributed by atoms with Crippen molar-refractivity contribution in [3.63, 3.8) is 0 Å². The largest absolute Gasteiger partial charge is 0.314 e. The van der Waals surface area contributed by atoms with Gasteiger partial charge < -0.3 is 5.32 Å². The Morgan fingerprint density at radius 1 is 1.42 bits per heavy atom. The fourth-order valence-corrected chi connectivity index (χ4v) is 0.815. The van der Waals surface area contributed by atoms with Crippen LogP contribution in [0.25, 0.3) is 0 Å². The third-order valence-electron chi connectivity index (χ3n) is 2.25. The molecule has 1 unspecified atom stereocenters. The van der Waals surface area contributed by atoms with Gasteiger partial charge in [-0.3, -0.25) is 0 Å². The SMILES string of the molecule is C#CCCCNC(C)C(C)(C)C. The minimum atomic E-state index is 0.343. The number of unbranched alkanes of at least 4 members (excludes halogenated alkanes) is 1. The molecule has 0 saturated carbocycles. The summed E-state index contributed by atoms with van der Waals surface area (Å²) in [4.78, 5) is 0. The molecule has 70 valence electrons. The third kappa shape index (κ3) is 5.21. The zero-order valence-corrected chi connectivity index (χ0v) is 8.78. The van der Waals surface area contributed by atoms with Crippen molar-refractivity contribution in [2.45, 2.75) is 46.6 Å². The van der Waals surface area contributed by atoms with Gasteiger partial charge >= 0.3 is 0 Å². The highest BCUT2D eigenvalue weighted by Gasteiger charge is 2.18. The van der Waals surface area contributed by atoms with Gasteiger partial charge in [0.15, 0.2) is 0 Å². The van der Waals surface area contributed by atoms with Crippen LogP contribution in [0.4, 0.5) is 0 Å². The summed E-state index contributed by atoms with van der Waals surface area (Å²) < 4.78 is 0. The van der Waals surface area contributed by atoms with Crippen LogP contribution in [0.1, 0.15) is 40.5 Å². The molecule has 0 aliphatic carbocycles. The van der Waals surface area contributed by atoms with Crippen molar-refractivity contribution < 1.29 is 0 Å². The lowest BCUT2D eigenvalue weighted by Crippen LogP contribution is -2.38. The van der Waals surface area contributed by atoms with Crippen LogP contribution in [-0.4, -0.2) is 12.6 Å². The van der Waals surface area contributed by atoms with Gasteiger partial charge in [0, 0.05) is 12.5 Å². The highest BCUT2D eigenvalue weighted by Crippen LogP contribution is 2.18. The van der Waals surface area contributed by atoms with E-state index in [1.807, 2.05) is 0 Å². The second-order valence-corrected chi connectivity index (χ2v) is 4.35. The fourth-order valence-electron chi connectivity index (χ4n) is 0.815. The first-order chi connectivity index (χ1) is 5.48. The van der Waals surface area contributed by atoms with Gasteiger partial charge in [-0.15, -0.1) is 12.3 Å². The topological polar surface area (TPSA) is 12.0 Å². The van der Waals surface area contributed by atoms with Crippen LogP contribution in [0.2, 0.25) is 0 Å². The Hall–Kier alpha value is -0.480. The van der Waals surface area contributed by atoms with E-state index < -0.39 is 0 Å². The molecule has 1 atom stereocenters. The third-order valence-corrected chi connectivity index (χ3v) is 2.25. The van der Waals surface area contributed by atoms with E-state index in [9.17, 15) is 0 Å². The van der Waals surface area contributed by atoms with E-state index in [0.29, 0.717) is 11.5 Å². The minimum absolute atomic E-state index is 0.343. The summed E-state index contributed by atoms with van der Waals surface area (Å²) in [6.07, 6.45) is 7.11. The average molecular weight is 167 g/mol. The van der Waals surface area contributed by atoms with Crippen LogP contribution < -0.4 is 5.32 Å². The number of hydrogen-bond donors (Lipinski definition) is 1. The Labute approximate surface area is 76.9 Å². The molecular weight excluding hydrogens is 146 g/mol. The van der Waals surface area contributed by atoms with Crippen LogP contribution >= 0.6 is 0 Å². The molecule has 0 fully saturated rings. The molecule has 0 aliphatic heterocycles. The summed E-state index contributed by atoms with van der Waals surface area (Å²) in [7, 11) is 0. The maximum Gasteiger partial charge on any atom is 0.00981 e. The zero-order chi connectivity index (χ0) is 9.61. The molecule has 0 saturated heterocycles. The van der Waals surface area contributed by atoms with Crippen molar-refractivity contribution in [3.8, 4) is 12.3 Å². The maximum absolute atomic E-state index is 5.15. The Bertz CT molecular complexity index is 147. The maximum atomic E-state index is 5.15. The number of nitrogens with one attached hydrogen (secondary N) is 1. The lowest BCUT2D eigenvalue weighted by Gasteiger charge is -2.28. The standard InChI is InChI=1S/C11H21N/c1-6-7-8-9-12-10(2)11(3,4)5/h1,10,12H,7-9H2,2-5H3. The Balaban J connectivity index is 3.46. The molecule has 0 radical (unpaired) electrons.